The average molecular weight is 265 g/mol. The molecule has 1 unspecified atom stereocenters. The first-order valence-electron chi connectivity index (χ1n) is 7.31. The summed E-state index contributed by atoms with van der Waals surface area (Å²) in [6.45, 7) is 9.88. The van der Waals surface area contributed by atoms with E-state index in [1.807, 2.05) is 11.7 Å². The summed E-state index contributed by atoms with van der Waals surface area (Å²) in [6, 6.07) is 0.541. The summed E-state index contributed by atoms with van der Waals surface area (Å²) in [7, 11) is 1.95. The van der Waals surface area contributed by atoms with Gasteiger partial charge in [-0.15, -0.1) is 0 Å². The second-order valence-electron chi connectivity index (χ2n) is 5.90. The van der Waals surface area contributed by atoms with Gasteiger partial charge in [-0.1, -0.05) is 13.8 Å². The van der Waals surface area contributed by atoms with Gasteiger partial charge in [-0.25, -0.2) is 0 Å². The topological polar surface area (TPSA) is 59.1 Å². The normalized spacial score (nSPS) is 18.2. The van der Waals surface area contributed by atoms with Crippen molar-refractivity contribution in [3.8, 4) is 0 Å². The van der Waals surface area contributed by atoms with Crippen LogP contribution < -0.4 is 11.1 Å². The fourth-order valence-electron chi connectivity index (χ4n) is 2.75. The van der Waals surface area contributed by atoms with E-state index in [0.29, 0.717) is 12.0 Å². The Morgan fingerprint density at radius 3 is 2.42 bits per heavy atom. The van der Waals surface area contributed by atoms with E-state index in [2.05, 4.69) is 36.1 Å². The predicted octanol–water partition coefficient (Wildman–Crippen LogP) is 2.02. The number of hydrogen-bond donors (Lipinski definition) is 2. The molecule has 0 aliphatic carbocycles. The summed E-state index contributed by atoms with van der Waals surface area (Å²) in [5, 5.41) is 7.97. The fourth-order valence-corrected chi connectivity index (χ4v) is 2.75. The van der Waals surface area contributed by atoms with Gasteiger partial charge in [-0.2, -0.15) is 5.10 Å². The van der Waals surface area contributed by atoms with Crippen LogP contribution in [0.15, 0.2) is 0 Å². The van der Waals surface area contributed by atoms with Gasteiger partial charge in [0.25, 0.3) is 0 Å². The van der Waals surface area contributed by atoms with E-state index in [1.165, 1.54) is 25.9 Å². The van der Waals surface area contributed by atoms with Crippen molar-refractivity contribution in [1.29, 1.82) is 0 Å². The zero-order chi connectivity index (χ0) is 14.0. The zero-order valence-corrected chi connectivity index (χ0v) is 12.6. The van der Waals surface area contributed by atoms with Gasteiger partial charge in [0.1, 0.15) is 5.82 Å². The van der Waals surface area contributed by atoms with E-state index in [9.17, 15) is 0 Å². The van der Waals surface area contributed by atoms with Gasteiger partial charge in [0.05, 0.1) is 11.4 Å². The molecule has 1 aromatic rings. The third-order valence-corrected chi connectivity index (χ3v) is 3.99. The highest BCUT2D eigenvalue weighted by Crippen LogP contribution is 2.27. The molecule has 1 aliphatic rings. The molecule has 108 valence electrons. The Morgan fingerprint density at radius 1 is 1.26 bits per heavy atom. The first kappa shape index (κ1) is 14.2. The molecule has 0 amide bonds. The monoisotopic (exact) mass is 265 g/mol. The van der Waals surface area contributed by atoms with Crippen LogP contribution in [0.3, 0.4) is 0 Å². The number of aromatic nitrogens is 2. The van der Waals surface area contributed by atoms with Gasteiger partial charge < -0.3 is 11.1 Å². The number of aryl methyl sites for hydroxylation is 1. The van der Waals surface area contributed by atoms with Crippen molar-refractivity contribution in [2.75, 3.05) is 30.7 Å². The number of nitrogen functional groups attached to an aromatic ring is 1. The molecule has 0 bridgehead atoms. The lowest BCUT2D eigenvalue weighted by Crippen LogP contribution is -2.35. The highest BCUT2D eigenvalue weighted by atomic mass is 15.3. The first-order chi connectivity index (χ1) is 9.00. The van der Waals surface area contributed by atoms with Crippen molar-refractivity contribution in [2.24, 2.45) is 7.05 Å². The molecular formula is C14H27N5. The highest BCUT2D eigenvalue weighted by molar-refractivity contribution is 5.65. The number of rotatable bonds is 5. The molecule has 0 aromatic carbocycles. The van der Waals surface area contributed by atoms with Crippen LogP contribution in [-0.2, 0) is 7.05 Å². The summed E-state index contributed by atoms with van der Waals surface area (Å²) in [5.74, 6) is 1.31. The van der Waals surface area contributed by atoms with Crippen molar-refractivity contribution >= 4 is 11.5 Å². The van der Waals surface area contributed by atoms with Gasteiger partial charge in [0.2, 0.25) is 0 Å². The minimum absolute atomic E-state index is 0.359. The molecule has 1 aromatic heterocycles. The van der Waals surface area contributed by atoms with Gasteiger partial charge >= 0.3 is 0 Å². The molecular weight excluding hydrogens is 238 g/mol. The Kier molecular flexibility index (Phi) is 4.34. The SMILES string of the molecule is CC(C)c1nn(C)c(NCC(C)N2CCCC2)c1N. The summed E-state index contributed by atoms with van der Waals surface area (Å²) in [6.07, 6.45) is 2.66. The number of likely N-dealkylation sites (tertiary alicyclic amines) is 1. The second kappa shape index (κ2) is 5.82. The van der Waals surface area contributed by atoms with E-state index >= 15 is 0 Å². The zero-order valence-electron chi connectivity index (χ0n) is 12.6. The average Bonchev–Trinajstić information content (AvgIpc) is 2.96. The summed E-state index contributed by atoms with van der Waals surface area (Å²) >= 11 is 0. The number of nitrogens with zero attached hydrogens (tertiary/aromatic N) is 3. The molecule has 1 fully saturated rings. The van der Waals surface area contributed by atoms with E-state index in [-0.39, 0.29) is 0 Å². The number of hydrogen-bond acceptors (Lipinski definition) is 4. The predicted molar refractivity (Wildman–Crippen MR) is 80.5 cm³/mol. The van der Waals surface area contributed by atoms with Gasteiger partial charge in [-0.3, -0.25) is 9.58 Å². The van der Waals surface area contributed by atoms with Crippen LogP contribution >= 0.6 is 0 Å². The number of nitrogens with one attached hydrogen (secondary N) is 1. The summed E-state index contributed by atoms with van der Waals surface area (Å²) in [5.41, 5.74) is 7.97. The van der Waals surface area contributed by atoms with E-state index in [0.717, 1.165) is 23.7 Å². The van der Waals surface area contributed by atoms with Crippen molar-refractivity contribution < 1.29 is 0 Å². The maximum Gasteiger partial charge on any atom is 0.147 e. The van der Waals surface area contributed by atoms with Gasteiger partial charge in [-0.05, 0) is 38.8 Å². The first-order valence-corrected chi connectivity index (χ1v) is 7.31. The Labute approximate surface area is 116 Å². The molecule has 0 radical (unpaired) electrons. The molecule has 0 saturated carbocycles. The van der Waals surface area contributed by atoms with Crippen LogP contribution in [0.5, 0.6) is 0 Å². The molecule has 3 N–H and O–H groups in total. The Morgan fingerprint density at radius 2 is 1.89 bits per heavy atom. The standard InChI is InChI=1S/C14H27N5/c1-10(2)13-12(15)14(18(4)17-13)16-9-11(3)19-7-5-6-8-19/h10-11,16H,5-9,15H2,1-4H3. The molecule has 5 heteroatoms. The second-order valence-corrected chi connectivity index (χ2v) is 5.90. The molecule has 1 atom stereocenters. The highest BCUT2D eigenvalue weighted by Gasteiger charge is 2.20. The summed E-state index contributed by atoms with van der Waals surface area (Å²) in [4.78, 5) is 2.53. The summed E-state index contributed by atoms with van der Waals surface area (Å²) < 4.78 is 1.86. The molecule has 1 saturated heterocycles. The molecule has 0 spiro atoms. The molecule has 2 rings (SSSR count). The maximum absolute atomic E-state index is 6.19. The van der Waals surface area contributed by atoms with Crippen LogP contribution in [0.4, 0.5) is 11.5 Å². The van der Waals surface area contributed by atoms with Crippen LogP contribution in [0.25, 0.3) is 0 Å². The van der Waals surface area contributed by atoms with Crippen LogP contribution in [0, 0.1) is 0 Å². The lowest BCUT2D eigenvalue weighted by atomic mass is 10.1. The van der Waals surface area contributed by atoms with E-state index < -0.39 is 0 Å². The van der Waals surface area contributed by atoms with Crippen LogP contribution in [0.1, 0.15) is 45.2 Å². The van der Waals surface area contributed by atoms with Crippen LogP contribution in [-0.4, -0.2) is 40.4 Å². The number of anilines is 2. The van der Waals surface area contributed by atoms with Gasteiger partial charge in [0, 0.05) is 19.6 Å². The minimum atomic E-state index is 0.359. The van der Waals surface area contributed by atoms with Crippen LogP contribution in [0.2, 0.25) is 0 Å². The quantitative estimate of drug-likeness (QED) is 0.855. The van der Waals surface area contributed by atoms with Crippen molar-refractivity contribution in [3.63, 3.8) is 0 Å². The maximum atomic E-state index is 6.19. The molecule has 5 nitrogen and oxygen atoms in total. The molecule has 1 aliphatic heterocycles. The van der Waals surface area contributed by atoms with Crippen molar-refractivity contribution in [1.82, 2.24) is 14.7 Å². The lowest BCUT2D eigenvalue weighted by Gasteiger charge is -2.24. The minimum Gasteiger partial charge on any atom is -0.394 e. The smallest absolute Gasteiger partial charge is 0.147 e. The van der Waals surface area contributed by atoms with Crippen molar-refractivity contribution in [3.05, 3.63) is 5.69 Å². The van der Waals surface area contributed by atoms with Gasteiger partial charge in [0.15, 0.2) is 0 Å². The third-order valence-electron chi connectivity index (χ3n) is 3.99. The van der Waals surface area contributed by atoms with E-state index in [1.54, 1.807) is 0 Å². The molecule has 2 heterocycles. The Balaban J connectivity index is 1.99. The Bertz CT molecular complexity index is 418. The largest absolute Gasteiger partial charge is 0.394 e. The van der Waals surface area contributed by atoms with Crippen molar-refractivity contribution in [2.45, 2.75) is 45.6 Å². The fraction of sp³-hybridized carbons (Fsp3) is 0.786. The number of nitrogens with two attached hydrogens (primary N) is 1. The lowest BCUT2D eigenvalue weighted by molar-refractivity contribution is 0.269. The molecule has 19 heavy (non-hydrogen) atoms. The van der Waals surface area contributed by atoms with E-state index in [4.69, 9.17) is 5.73 Å². The Hall–Kier alpha value is -1.23. The third kappa shape index (κ3) is 3.03.